The smallest absolute Gasteiger partial charge is 0.256 e. The Labute approximate surface area is 190 Å². The van der Waals surface area contributed by atoms with Crippen LogP contribution in [0.15, 0.2) is 54.6 Å². The predicted molar refractivity (Wildman–Crippen MR) is 126 cm³/mol. The van der Waals surface area contributed by atoms with Crippen LogP contribution in [0.3, 0.4) is 0 Å². The monoisotopic (exact) mass is 435 g/mol. The minimum atomic E-state index is -0.416. The molecule has 0 bridgehead atoms. The van der Waals surface area contributed by atoms with E-state index in [1.54, 1.807) is 30.1 Å². The number of carbonyl (C=O) groups excluding carboxylic acids is 3. The Morgan fingerprint density at radius 3 is 2.19 bits per heavy atom. The Hall–Kier alpha value is -3.15. The van der Waals surface area contributed by atoms with Gasteiger partial charge >= 0.3 is 0 Å². The first-order chi connectivity index (χ1) is 15.2. The van der Waals surface area contributed by atoms with E-state index in [-0.39, 0.29) is 23.6 Å². The number of nitrogens with one attached hydrogen (secondary N) is 1. The normalized spacial score (nSPS) is 14.7. The average molecular weight is 436 g/mol. The van der Waals surface area contributed by atoms with Gasteiger partial charge in [-0.3, -0.25) is 14.4 Å². The number of hydrogen-bond acceptors (Lipinski definition) is 3. The fourth-order valence-electron chi connectivity index (χ4n) is 3.97. The van der Waals surface area contributed by atoms with Crippen LogP contribution in [-0.2, 0) is 16.1 Å². The summed E-state index contributed by atoms with van der Waals surface area (Å²) in [5.74, 6) is -0.299. The Morgan fingerprint density at radius 1 is 0.969 bits per heavy atom. The number of amides is 3. The van der Waals surface area contributed by atoms with Gasteiger partial charge in [0, 0.05) is 38.0 Å². The first-order valence-corrected chi connectivity index (χ1v) is 11.2. The molecule has 3 rings (SSSR count). The van der Waals surface area contributed by atoms with Crippen molar-refractivity contribution in [2.24, 2.45) is 11.3 Å². The van der Waals surface area contributed by atoms with Crippen molar-refractivity contribution >= 4 is 23.4 Å². The number of likely N-dealkylation sites (tertiary alicyclic amines) is 1. The van der Waals surface area contributed by atoms with Crippen molar-refractivity contribution in [3.8, 4) is 0 Å². The van der Waals surface area contributed by atoms with E-state index >= 15 is 0 Å². The molecule has 1 saturated heterocycles. The van der Waals surface area contributed by atoms with Crippen LogP contribution in [0.5, 0.6) is 0 Å². The van der Waals surface area contributed by atoms with Gasteiger partial charge < -0.3 is 15.1 Å². The highest BCUT2D eigenvalue weighted by atomic mass is 16.2. The van der Waals surface area contributed by atoms with Crippen molar-refractivity contribution in [1.29, 1.82) is 0 Å². The fraction of sp³-hybridized carbons (Fsp3) is 0.423. The van der Waals surface area contributed by atoms with E-state index in [4.69, 9.17) is 0 Å². The molecule has 6 heteroatoms. The highest BCUT2D eigenvalue weighted by Gasteiger charge is 2.32. The van der Waals surface area contributed by atoms with Gasteiger partial charge in [-0.15, -0.1) is 0 Å². The van der Waals surface area contributed by atoms with E-state index in [2.05, 4.69) is 5.32 Å². The second-order valence-electron chi connectivity index (χ2n) is 9.50. The predicted octanol–water partition coefficient (Wildman–Crippen LogP) is 4.18. The molecule has 170 valence electrons. The second kappa shape index (κ2) is 9.98. The van der Waals surface area contributed by atoms with Gasteiger partial charge in [-0.05, 0) is 30.5 Å². The van der Waals surface area contributed by atoms with Crippen LogP contribution in [0.2, 0.25) is 0 Å². The zero-order chi connectivity index (χ0) is 23.3. The van der Waals surface area contributed by atoms with Crippen molar-refractivity contribution < 1.29 is 14.4 Å². The molecule has 2 aromatic rings. The van der Waals surface area contributed by atoms with Crippen molar-refractivity contribution in [3.05, 3.63) is 65.7 Å². The SMILES string of the molecule is CN(Cc1ccccc1)C(=O)c1ccccc1NC(=O)C1CCN(C(=O)C(C)(C)C)CC1. The molecule has 0 aliphatic carbocycles. The lowest BCUT2D eigenvalue weighted by Gasteiger charge is -2.35. The van der Waals surface area contributed by atoms with Crippen molar-refractivity contribution in [2.45, 2.75) is 40.2 Å². The molecule has 1 heterocycles. The zero-order valence-electron chi connectivity index (χ0n) is 19.4. The first-order valence-electron chi connectivity index (χ1n) is 11.2. The number of hydrogen-bond donors (Lipinski definition) is 1. The van der Waals surface area contributed by atoms with E-state index < -0.39 is 5.41 Å². The quantitative estimate of drug-likeness (QED) is 0.766. The lowest BCUT2D eigenvalue weighted by Crippen LogP contribution is -2.45. The van der Waals surface area contributed by atoms with Crippen LogP contribution < -0.4 is 5.32 Å². The van der Waals surface area contributed by atoms with Gasteiger partial charge in [-0.25, -0.2) is 0 Å². The molecule has 1 N–H and O–H groups in total. The van der Waals surface area contributed by atoms with E-state index in [0.29, 0.717) is 43.7 Å². The largest absolute Gasteiger partial charge is 0.342 e. The summed E-state index contributed by atoms with van der Waals surface area (Å²) >= 11 is 0. The van der Waals surface area contributed by atoms with Gasteiger partial charge in [0.15, 0.2) is 0 Å². The Morgan fingerprint density at radius 2 is 1.56 bits per heavy atom. The topological polar surface area (TPSA) is 69.7 Å². The molecule has 0 aromatic heterocycles. The molecule has 1 aliphatic heterocycles. The minimum absolute atomic E-state index is 0.0983. The van der Waals surface area contributed by atoms with Gasteiger partial charge in [0.2, 0.25) is 11.8 Å². The summed E-state index contributed by atoms with van der Waals surface area (Å²) in [5.41, 5.74) is 1.62. The van der Waals surface area contributed by atoms with Crippen molar-refractivity contribution in [3.63, 3.8) is 0 Å². The van der Waals surface area contributed by atoms with Crippen LogP contribution in [0.4, 0.5) is 5.69 Å². The third-order valence-electron chi connectivity index (χ3n) is 5.82. The number of rotatable bonds is 5. The maximum Gasteiger partial charge on any atom is 0.256 e. The van der Waals surface area contributed by atoms with Crippen LogP contribution >= 0.6 is 0 Å². The summed E-state index contributed by atoms with van der Waals surface area (Å²) < 4.78 is 0. The number of anilines is 1. The zero-order valence-corrected chi connectivity index (χ0v) is 19.4. The third-order valence-corrected chi connectivity index (χ3v) is 5.82. The maximum atomic E-state index is 13.1. The number of carbonyl (C=O) groups is 3. The van der Waals surface area contributed by atoms with E-state index in [9.17, 15) is 14.4 Å². The lowest BCUT2D eigenvalue weighted by atomic mass is 9.90. The van der Waals surface area contributed by atoms with Crippen LogP contribution in [0.1, 0.15) is 49.5 Å². The van der Waals surface area contributed by atoms with E-state index in [0.717, 1.165) is 5.56 Å². The number of benzene rings is 2. The summed E-state index contributed by atoms with van der Waals surface area (Å²) in [6.07, 6.45) is 1.25. The molecule has 0 unspecified atom stereocenters. The average Bonchev–Trinajstić information content (AvgIpc) is 2.78. The molecule has 2 aromatic carbocycles. The summed E-state index contributed by atoms with van der Waals surface area (Å²) in [7, 11) is 1.76. The first kappa shape index (κ1) is 23.5. The molecule has 1 fully saturated rings. The van der Waals surface area contributed by atoms with Crippen LogP contribution in [0.25, 0.3) is 0 Å². The fourth-order valence-corrected chi connectivity index (χ4v) is 3.97. The van der Waals surface area contributed by atoms with Gasteiger partial charge in [0.1, 0.15) is 0 Å². The maximum absolute atomic E-state index is 13.1. The van der Waals surface area contributed by atoms with E-state index in [1.807, 2.05) is 62.1 Å². The standard InChI is InChI=1S/C26H33N3O3/c1-26(2,3)25(32)29-16-14-20(15-17-29)23(30)27-22-13-9-8-12-21(22)24(31)28(4)18-19-10-6-5-7-11-19/h5-13,20H,14-18H2,1-4H3,(H,27,30). The summed E-state index contributed by atoms with van der Waals surface area (Å²) in [5, 5.41) is 2.96. The van der Waals surface area contributed by atoms with Gasteiger partial charge in [-0.1, -0.05) is 63.2 Å². The van der Waals surface area contributed by atoms with Crippen molar-refractivity contribution in [1.82, 2.24) is 9.80 Å². The van der Waals surface area contributed by atoms with Crippen LogP contribution in [0, 0.1) is 11.3 Å². The van der Waals surface area contributed by atoms with E-state index in [1.165, 1.54) is 0 Å². The molecule has 1 aliphatic rings. The minimum Gasteiger partial charge on any atom is -0.342 e. The van der Waals surface area contributed by atoms with Crippen LogP contribution in [-0.4, -0.2) is 47.7 Å². The Kier molecular flexibility index (Phi) is 7.33. The van der Waals surface area contributed by atoms with Crippen molar-refractivity contribution in [2.75, 3.05) is 25.5 Å². The molecule has 0 saturated carbocycles. The molecular weight excluding hydrogens is 402 g/mol. The third kappa shape index (κ3) is 5.75. The summed E-state index contributed by atoms with van der Waals surface area (Å²) in [6, 6.07) is 16.9. The molecule has 3 amide bonds. The molecule has 6 nitrogen and oxygen atoms in total. The Balaban J connectivity index is 1.63. The number of piperidine rings is 1. The lowest BCUT2D eigenvalue weighted by molar-refractivity contribution is -0.142. The molecule has 0 atom stereocenters. The molecule has 0 radical (unpaired) electrons. The second-order valence-corrected chi connectivity index (χ2v) is 9.50. The molecular formula is C26H33N3O3. The highest BCUT2D eigenvalue weighted by Crippen LogP contribution is 2.25. The highest BCUT2D eigenvalue weighted by molar-refractivity contribution is 6.04. The Bertz CT molecular complexity index is 958. The molecule has 0 spiro atoms. The molecule has 32 heavy (non-hydrogen) atoms. The van der Waals surface area contributed by atoms with Gasteiger partial charge in [0.05, 0.1) is 11.3 Å². The summed E-state index contributed by atoms with van der Waals surface area (Å²) in [4.78, 5) is 42.0. The van der Waals surface area contributed by atoms with Gasteiger partial charge in [-0.2, -0.15) is 0 Å². The number of para-hydroxylation sites is 1. The van der Waals surface area contributed by atoms with Gasteiger partial charge in [0.25, 0.3) is 5.91 Å². The number of nitrogens with zero attached hydrogens (tertiary/aromatic N) is 2. The summed E-state index contributed by atoms with van der Waals surface area (Å²) in [6.45, 7) is 7.38.